The number of aryl methyl sites for hydroxylation is 2. The Morgan fingerprint density at radius 2 is 2.16 bits per heavy atom. The van der Waals surface area contributed by atoms with Crippen molar-refractivity contribution in [1.29, 1.82) is 5.26 Å². The largest absolute Gasteiger partial charge is 0.264 e. The van der Waals surface area contributed by atoms with Crippen LogP contribution < -0.4 is 0 Å². The van der Waals surface area contributed by atoms with Gasteiger partial charge in [0.15, 0.2) is 11.5 Å². The molecule has 0 saturated carbocycles. The Balaban J connectivity index is 2.33. The molecule has 0 amide bonds. The molecule has 0 radical (unpaired) electrons. The molecule has 92 valence electrons. The van der Waals surface area contributed by atoms with Gasteiger partial charge in [-0.25, -0.2) is 9.50 Å². The summed E-state index contributed by atoms with van der Waals surface area (Å²) in [5.41, 5.74) is 3.87. The van der Waals surface area contributed by atoms with E-state index in [1.807, 2.05) is 32.0 Å². The number of nitriles is 1. The number of rotatable bonds is 1. The highest BCUT2D eigenvalue weighted by atomic mass is 15.3. The SMILES string of the molecule is Cc1cc(C)n2nc(-c3cccnc3)nc2c1C#N. The third-order valence-electron chi connectivity index (χ3n) is 3.02. The van der Waals surface area contributed by atoms with Gasteiger partial charge in [-0.15, -0.1) is 5.10 Å². The molecule has 0 aliphatic rings. The van der Waals surface area contributed by atoms with Crippen molar-refractivity contribution in [3.05, 3.63) is 47.4 Å². The van der Waals surface area contributed by atoms with E-state index in [1.165, 1.54) is 0 Å². The van der Waals surface area contributed by atoms with Gasteiger partial charge in [-0.3, -0.25) is 4.98 Å². The maximum atomic E-state index is 9.24. The maximum Gasteiger partial charge on any atom is 0.183 e. The third-order valence-corrected chi connectivity index (χ3v) is 3.02. The Labute approximate surface area is 110 Å². The summed E-state index contributed by atoms with van der Waals surface area (Å²) >= 11 is 0. The molecule has 3 aromatic heterocycles. The van der Waals surface area contributed by atoms with Crippen molar-refractivity contribution in [2.75, 3.05) is 0 Å². The van der Waals surface area contributed by atoms with Crippen LogP contribution in [-0.4, -0.2) is 19.6 Å². The summed E-state index contributed by atoms with van der Waals surface area (Å²) in [4.78, 5) is 8.52. The van der Waals surface area contributed by atoms with E-state index >= 15 is 0 Å². The molecule has 0 N–H and O–H groups in total. The highest BCUT2D eigenvalue weighted by Gasteiger charge is 2.13. The maximum absolute atomic E-state index is 9.24. The molecule has 0 aliphatic heterocycles. The highest BCUT2D eigenvalue weighted by molar-refractivity contribution is 5.64. The molecule has 5 heteroatoms. The van der Waals surface area contributed by atoms with E-state index in [0.717, 1.165) is 16.8 Å². The second-order valence-electron chi connectivity index (χ2n) is 4.37. The fraction of sp³-hybridized carbons (Fsp3) is 0.143. The predicted molar refractivity (Wildman–Crippen MR) is 70.4 cm³/mol. The molecule has 0 fully saturated rings. The van der Waals surface area contributed by atoms with Gasteiger partial charge in [0.05, 0.1) is 5.56 Å². The van der Waals surface area contributed by atoms with Crippen LogP contribution in [0, 0.1) is 25.2 Å². The quantitative estimate of drug-likeness (QED) is 0.663. The lowest BCUT2D eigenvalue weighted by Gasteiger charge is -2.02. The normalized spacial score (nSPS) is 10.6. The van der Waals surface area contributed by atoms with Crippen LogP contribution in [0.4, 0.5) is 0 Å². The van der Waals surface area contributed by atoms with E-state index in [9.17, 15) is 5.26 Å². The van der Waals surface area contributed by atoms with Crippen molar-refractivity contribution in [2.24, 2.45) is 0 Å². The van der Waals surface area contributed by atoms with Gasteiger partial charge in [-0.2, -0.15) is 5.26 Å². The average Bonchev–Trinajstić information content (AvgIpc) is 2.85. The first kappa shape index (κ1) is 11.4. The number of hydrogen-bond donors (Lipinski definition) is 0. The lowest BCUT2D eigenvalue weighted by Crippen LogP contribution is -1.98. The minimum Gasteiger partial charge on any atom is -0.264 e. The summed E-state index contributed by atoms with van der Waals surface area (Å²) in [5.74, 6) is 0.582. The third kappa shape index (κ3) is 1.74. The lowest BCUT2D eigenvalue weighted by molar-refractivity contribution is 0.912. The molecular formula is C14H11N5. The van der Waals surface area contributed by atoms with Crippen molar-refractivity contribution >= 4 is 5.65 Å². The number of hydrogen-bond acceptors (Lipinski definition) is 4. The van der Waals surface area contributed by atoms with Crippen LogP contribution in [0.15, 0.2) is 30.6 Å². The molecule has 0 spiro atoms. The zero-order chi connectivity index (χ0) is 13.4. The summed E-state index contributed by atoms with van der Waals surface area (Å²) in [6.45, 7) is 3.85. The fourth-order valence-electron chi connectivity index (χ4n) is 2.10. The summed E-state index contributed by atoms with van der Waals surface area (Å²) in [6.07, 6.45) is 3.42. The van der Waals surface area contributed by atoms with Gasteiger partial charge < -0.3 is 0 Å². The van der Waals surface area contributed by atoms with Gasteiger partial charge in [-0.1, -0.05) is 0 Å². The van der Waals surface area contributed by atoms with Crippen molar-refractivity contribution in [3.8, 4) is 17.5 Å². The average molecular weight is 249 g/mol. The Bertz CT molecular complexity index is 796. The van der Waals surface area contributed by atoms with E-state index < -0.39 is 0 Å². The van der Waals surface area contributed by atoms with E-state index in [4.69, 9.17) is 0 Å². The number of aromatic nitrogens is 4. The highest BCUT2D eigenvalue weighted by Crippen LogP contribution is 2.20. The standard InChI is InChI=1S/C14H11N5/c1-9-6-10(2)19-14(12(9)7-15)17-13(18-19)11-4-3-5-16-8-11/h3-6,8H,1-2H3. The first-order valence-electron chi connectivity index (χ1n) is 5.88. The Morgan fingerprint density at radius 1 is 1.32 bits per heavy atom. The van der Waals surface area contributed by atoms with Crippen LogP contribution in [-0.2, 0) is 0 Å². The van der Waals surface area contributed by atoms with E-state index in [-0.39, 0.29) is 0 Å². The Hall–Kier alpha value is -2.74. The first-order chi connectivity index (χ1) is 9.20. The van der Waals surface area contributed by atoms with Gasteiger partial charge in [0.2, 0.25) is 0 Å². The number of nitrogens with zero attached hydrogens (tertiary/aromatic N) is 5. The minimum atomic E-state index is 0.563. The molecule has 0 unspecified atom stereocenters. The van der Waals surface area contributed by atoms with Crippen molar-refractivity contribution in [1.82, 2.24) is 19.6 Å². The summed E-state index contributed by atoms with van der Waals surface area (Å²) in [6, 6.07) is 7.87. The summed E-state index contributed by atoms with van der Waals surface area (Å²) in [7, 11) is 0. The van der Waals surface area contributed by atoms with Crippen LogP contribution in [0.3, 0.4) is 0 Å². The monoisotopic (exact) mass is 249 g/mol. The minimum absolute atomic E-state index is 0.563. The van der Waals surface area contributed by atoms with Crippen molar-refractivity contribution < 1.29 is 0 Å². The smallest absolute Gasteiger partial charge is 0.183 e. The van der Waals surface area contributed by atoms with Gasteiger partial charge in [-0.05, 0) is 37.6 Å². The molecular weight excluding hydrogens is 238 g/mol. The van der Waals surface area contributed by atoms with Gasteiger partial charge in [0.25, 0.3) is 0 Å². The molecule has 19 heavy (non-hydrogen) atoms. The first-order valence-corrected chi connectivity index (χ1v) is 5.88. The van der Waals surface area contributed by atoms with Crippen LogP contribution in [0.5, 0.6) is 0 Å². The molecule has 5 nitrogen and oxygen atoms in total. The molecule has 3 heterocycles. The molecule has 3 rings (SSSR count). The van der Waals surface area contributed by atoms with Gasteiger partial charge in [0.1, 0.15) is 6.07 Å². The van der Waals surface area contributed by atoms with Gasteiger partial charge >= 0.3 is 0 Å². The van der Waals surface area contributed by atoms with Crippen LogP contribution in [0.2, 0.25) is 0 Å². The molecule has 0 aromatic carbocycles. The predicted octanol–water partition coefficient (Wildman–Crippen LogP) is 2.28. The zero-order valence-electron chi connectivity index (χ0n) is 10.6. The Kier molecular flexibility index (Phi) is 2.50. The van der Waals surface area contributed by atoms with Crippen molar-refractivity contribution in [3.63, 3.8) is 0 Å². The second kappa shape index (κ2) is 4.18. The topological polar surface area (TPSA) is 66.9 Å². The number of fused-ring (bicyclic) bond motifs is 1. The fourth-order valence-corrected chi connectivity index (χ4v) is 2.10. The van der Waals surface area contributed by atoms with Gasteiger partial charge in [0, 0.05) is 23.7 Å². The molecule has 3 aromatic rings. The van der Waals surface area contributed by atoms with Crippen LogP contribution in [0.1, 0.15) is 16.8 Å². The molecule has 0 aliphatic carbocycles. The van der Waals surface area contributed by atoms with E-state index in [2.05, 4.69) is 21.1 Å². The van der Waals surface area contributed by atoms with Crippen molar-refractivity contribution in [2.45, 2.75) is 13.8 Å². The zero-order valence-corrected chi connectivity index (χ0v) is 10.6. The molecule has 0 atom stereocenters. The molecule has 0 saturated heterocycles. The molecule has 0 bridgehead atoms. The number of pyridine rings is 2. The lowest BCUT2D eigenvalue weighted by atomic mass is 10.1. The van der Waals surface area contributed by atoms with Crippen LogP contribution >= 0.6 is 0 Å². The summed E-state index contributed by atoms with van der Waals surface area (Å²) in [5, 5.41) is 13.7. The summed E-state index contributed by atoms with van der Waals surface area (Å²) < 4.78 is 1.70. The van der Waals surface area contributed by atoms with E-state index in [0.29, 0.717) is 17.0 Å². The van der Waals surface area contributed by atoms with E-state index in [1.54, 1.807) is 16.9 Å². The second-order valence-corrected chi connectivity index (χ2v) is 4.37. The van der Waals surface area contributed by atoms with Crippen LogP contribution in [0.25, 0.3) is 17.0 Å². The Morgan fingerprint density at radius 3 is 2.84 bits per heavy atom.